The summed E-state index contributed by atoms with van der Waals surface area (Å²) in [4.78, 5) is 44.4. The molecule has 0 aliphatic rings. The maximum absolute atomic E-state index is 13.6. The molecule has 0 radical (unpaired) electrons. The van der Waals surface area contributed by atoms with Crippen LogP contribution in [0.25, 0.3) is 0 Å². The maximum Gasteiger partial charge on any atom is 0.324 e. The van der Waals surface area contributed by atoms with Crippen molar-refractivity contribution in [3.05, 3.63) is 90.0 Å². The molecule has 0 amide bonds. The number of hydrogen-bond acceptors (Lipinski definition) is 7. The third kappa shape index (κ3) is 5.95. The van der Waals surface area contributed by atoms with E-state index in [0.29, 0.717) is 5.69 Å². The highest BCUT2D eigenvalue weighted by Gasteiger charge is 2.57. The van der Waals surface area contributed by atoms with E-state index < -0.39 is 29.2 Å². The van der Waals surface area contributed by atoms with Crippen LogP contribution in [-0.2, 0) is 55.3 Å². The Labute approximate surface area is 204 Å². The molecule has 0 unspecified atom stereocenters. The highest BCUT2D eigenvalue weighted by Crippen LogP contribution is 2.39. The van der Waals surface area contributed by atoms with E-state index in [0.717, 1.165) is 11.1 Å². The lowest BCUT2D eigenvalue weighted by molar-refractivity contribution is -0.185. The molecular formula is C27H30N2O6. The molecule has 1 heterocycles. The molecule has 0 aliphatic heterocycles. The molecule has 8 nitrogen and oxygen atoms in total. The fourth-order valence-corrected chi connectivity index (χ4v) is 4.00. The van der Waals surface area contributed by atoms with Crippen LogP contribution < -0.4 is 0 Å². The third-order valence-corrected chi connectivity index (χ3v) is 6.12. The molecular weight excluding hydrogens is 448 g/mol. The van der Waals surface area contributed by atoms with Gasteiger partial charge in [-0.25, -0.2) is 4.98 Å². The second kappa shape index (κ2) is 12.0. The molecule has 3 aromatic rings. The van der Waals surface area contributed by atoms with Gasteiger partial charge in [0.2, 0.25) is 0 Å². The monoisotopic (exact) mass is 478 g/mol. The van der Waals surface area contributed by atoms with Gasteiger partial charge in [-0.3, -0.25) is 14.4 Å². The third-order valence-electron chi connectivity index (χ3n) is 6.12. The first kappa shape index (κ1) is 25.7. The van der Waals surface area contributed by atoms with Crippen LogP contribution in [0.1, 0.15) is 30.2 Å². The van der Waals surface area contributed by atoms with E-state index in [-0.39, 0.29) is 26.1 Å². The Hall–Kier alpha value is -3.94. The molecule has 0 aliphatic carbocycles. The number of carbonyl (C=O) groups excluding carboxylic acids is 3. The van der Waals surface area contributed by atoms with Crippen molar-refractivity contribution < 1.29 is 28.6 Å². The molecule has 8 heteroatoms. The Morgan fingerprint density at radius 1 is 0.914 bits per heavy atom. The van der Waals surface area contributed by atoms with Crippen LogP contribution in [0.2, 0.25) is 0 Å². The number of carbonyl (C=O) groups is 3. The summed E-state index contributed by atoms with van der Waals surface area (Å²) in [6.45, 7) is 1.56. The average Bonchev–Trinajstić information content (AvgIpc) is 3.31. The number of nitrogens with zero attached hydrogens (tertiary/aromatic N) is 2. The van der Waals surface area contributed by atoms with Crippen molar-refractivity contribution >= 4 is 17.9 Å². The summed E-state index contributed by atoms with van der Waals surface area (Å²) >= 11 is 0. The lowest BCUT2D eigenvalue weighted by Crippen LogP contribution is -2.51. The minimum Gasteiger partial charge on any atom is -0.469 e. The van der Waals surface area contributed by atoms with Gasteiger partial charge in [-0.15, -0.1) is 0 Å². The summed E-state index contributed by atoms with van der Waals surface area (Å²) in [5.74, 6) is -3.56. The van der Waals surface area contributed by atoms with Crippen LogP contribution in [0.3, 0.4) is 0 Å². The summed E-state index contributed by atoms with van der Waals surface area (Å²) in [5, 5.41) is 0. The number of esters is 3. The van der Waals surface area contributed by atoms with Gasteiger partial charge < -0.3 is 18.8 Å². The first-order chi connectivity index (χ1) is 16.9. The molecule has 0 N–H and O–H groups in total. The smallest absolute Gasteiger partial charge is 0.324 e. The maximum atomic E-state index is 13.6. The van der Waals surface area contributed by atoms with Crippen LogP contribution in [0, 0.1) is 11.3 Å². The summed E-state index contributed by atoms with van der Waals surface area (Å²) in [5.41, 5.74) is 0.250. The molecule has 0 saturated heterocycles. The Morgan fingerprint density at radius 2 is 1.43 bits per heavy atom. The zero-order valence-corrected chi connectivity index (χ0v) is 20.2. The van der Waals surface area contributed by atoms with Crippen molar-refractivity contribution in [3.8, 4) is 0 Å². The van der Waals surface area contributed by atoms with Crippen molar-refractivity contribution in [2.45, 2.75) is 33.0 Å². The van der Waals surface area contributed by atoms with Gasteiger partial charge in [0.25, 0.3) is 0 Å². The van der Waals surface area contributed by atoms with Crippen molar-refractivity contribution in [3.63, 3.8) is 0 Å². The van der Waals surface area contributed by atoms with E-state index in [1.54, 1.807) is 31.1 Å². The van der Waals surface area contributed by atoms with Crippen LogP contribution in [0.4, 0.5) is 0 Å². The van der Waals surface area contributed by atoms with E-state index >= 15 is 0 Å². The average molecular weight is 479 g/mol. The molecule has 2 aromatic carbocycles. The summed E-state index contributed by atoms with van der Waals surface area (Å²) in [7, 11) is 3.00. The molecule has 0 bridgehead atoms. The van der Waals surface area contributed by atoms with E-state index in [4.69, 9.17) is 14.2 Å². The SMILES string of the molecule is CCC(C(=O)OCc1ccccc1)(C(=O)OCc1ccccc1)[C@H](Cc1cncn1C)C(=O)OC. The largest absolute Gasteiger partial charge is 0.469 e. The van der Waals surface area contributed by atoms with Gasteiger partial charge in [0, 0.05) is 25.4 Å². The standard InChI is InChI=1S/C27H30N2O6/c1-4-27(25(31)34-17-20-11-7-5-8-12-20,26(32)35-18-21-13-9-6-10-14-21)23(24(30)33-3)15-22-16-28-19-29(22)2/h5-14,16,19,23H,4,15,17-18H2,1-3H3/t23-/m1/s1. The molecule has 0 fully saturated rings. The number of aryl methyl sites for hydroxylation is 1. The molecule has 35 heavy (non-hydrogen) atoms. The second-order valence-corrected chi connectivity index (χ2v) is 8.22. The Morgan fingerprint density at radius 3 is 1.83 bits per heavy atom. The van der Waals surface area contributed by atoms with E-state index in [1.165, 1.54) is 7.11 Å². The lowest BCUT2D eigenvalue weighted by atomic mass is 9.71. The number of benzene rings is 2. The zero-order chi connectivity index (χ0) is 25.3. The van der Waals surface area contributed by atoms with Gasteiger partial charge in [0.15, 0.2) is 5.41 Å². The number of rotatable bonds is 11. The van der Waals surface area contributed by atoms with Crippen LogP contribution in [0.5, 0.6) is 0 Å². The van der Waals surface area contributed by atoms with Crippen LogP contribution in [-0.4, -0.2) is 34.6 Å². The minimum absolute atomic E-state index is 0.0220. The van der Waals surface area contributed by atoms with Gasteiger partial charge in [0.1, 0.15) is 13.2 Å². The van der Waals surface area contributed by atoms with Crippen LogP contribution >= 0.6 is 0 Å². The molecule has 3 rings (SSSR count). The predicted molar refractivity (Wildman–Crippen MR) is 128 cm³/mol. The number of methoxy groups -OCH3 is 1. The fraction of sp³-hybridized carbons (Fsp3) is 0.333. The van der Waals surface area contributed by atoms with E-state index in [1.807, 2.05) is 60.7 Å². The molecule has 0 spiro atoms. The van der Waals surface area contributed by atoms with Gasteiger partial charge in [-0.2, -0.15) is 0 Å². The van der Waals surface area contributed by atoms with E-state index in [2.05, 4.69) is 4.98 Å². The van der Waals surface area contributed by atoms with Crippen molar-refractivity contribution in [2.24, 2.45) is 18.4 Å². The first-order valence-electron chi connectivity index (χ1n) is 11.4. The summed E-state index contributed by atoms with van der Waals surface area (Å²) < 4.78 is 18.0. The quantitative estimate of drug-likeness (QED) is 0.236. The zero-order valence-electron chi connectivity index (χ0n) is 20.2. The minimum atomic E-state index is -1.92. The number of aromatic nitrogens is 2. The Bertz CT molecular complexity index is 1070. The van der Waals surface area contributed by atoms with Gasteiger partial charge in [-0.1, -0.05) is 67.6 Å². The summed E-state index contributed by atoms with van der Waals surface area (Å²) in [6, 6.07) is 18.2. The molecule has 1 aromatic heterocycles. The van der Waals surface area contributed by atoms with Gasteiger partial charge in [0.05, 0.1) is 19.4 Å². The van der Waals surface area contributed by atoms with Crippen LogP contribution in [0.15, 0.2) is 73.2 Å². The normalized spacial score (nSPS) is 12.0. The van der Waals surface area contributed by atoms with E-state index in [9.17, 15) is 14.4 Å². The molecule has 184 valence electrons. The highest BCUT2D eigenvalue weighted by molar-refractivity contribution is 6.04. The number of hydrogen-bond donors (Lipinski definition) is 0. The van der Waals surface area contributed by atoms with Crippen molar-refractivity contribution in [1.82, 2.24) is 9.55 Å². The fourth-order valence-electron chi connectivity index (χ4n) is 4.00. The van der Waals surface area contributed by atoms with Crippen molar-refractivity contribution in [1.29, 1.82) is 0 Å². The van der Waals surface area contributed by atoms with Crippen molar-refractivity contribution in [2.75, 3.05) is 7.11 Å². The number of imidazole rings is 1. The van der Waals surface area contributed by atoms with Gasteiger partial charge >= 0.3 is 17.9 Å². The first-order valence-corrected chi connectivity index (χ1v) is 11.4. The summed E-state index contributed by atoms with van der Waals surface area (Å²) in [6.07, 6.45) is 3.18. The van der Waals surface area contributed by atoms with Gasteiger partial charge in [-0.05, 0) is 17.5 Å². The Balaban J connectivity index is 1.97. The number of ether oxygens (including phenoxy) is 3. The second-order valence-electron chi connectivity index (χ2n) is 8.22. The topological polar surface area (TPSA) is 96.7 Å². The Kier molecular flexibility index (Phi) is 8.78. The highest BCUT2D eigenvalue weighted by atomic mass is 16.6. The molecule has 0 saturated carbocycles. The predicted octanol–water partition coefficient (Wildman–Crippen LogP) is 3.64. The lowest BCUT2D eigenvalue weighted by Gasteiger charge is -2.34. The molecule has 1 atom stereocenters.